The lowest BCUT2D eigenvalue weighted by Crippen LogP contribution is -2.23. The number of anilines is 2. The Bertz CT molecular complexity index is 474. The van der Waals surface area contributed by atoms with Crippen molar-refractivity contribution in [3.05, 3.63) is 24.3 Å². The first kappa shape index (κ1) is 17.4. The Balaban J connectivity index is 2.43. The summed E-state index contributed by atoms with van der Waals surface area (Å²) >= 11 is 1.43. The highest BCUT2D eigenvalue weighted by Crippen LogP contribution is 2.18. The lowest BCUT2D eigenvalue weighted by molar-refractivity contribution is -0.140. The number of thioether (sulfide) groups is 1. The number of benzene rings is 1. The number of carbonyl (C=O) groups excluding carboxylic acids is 2. The molecule has 1 N–H and O–H groups in total. The number of esters is 1. The Kier molecular flexibility index (Phi) is 7.08. The highest BCUT2D eigenvalue weighted by Gasteiger charge is 2.14. The zero-order valence-corrected chi connectivity index (χ0v) is 13.7. The molecule has 0 saturated heterocycles. The van der Waals surface area contributed by atoms with E-state index in [1.807, 2.05) is 50.2 Å². The van der Waals surface area contributed by atoms with Gasteiger partial charge in [-0.1, -0.05) is 0 Å². The van der Waals surface area contributed by atoms with Crippen molar-refractivity contribution in [1.82, 2.24) is 0 Å². The van der Waals surface area contributed by atoms with Crippen LogP contribution in [0.1, 0.15) is 13.3 Å². The monoisotopic (exact) mass is 310 g/mol. The minimum Gasteiger partial charge on any atom is -0.469 e. The zero-order chi connectivity index (χ0) is 15.8. The summed E-state index contributed by atoms with van der Waals surface area (Å²) in [6.45, 7) is 1.82. The first-order chi connectivity index (χ1) is 9.93. The maximum absolute atomic E-state index is 12.0. The Labute approximate surface area is 130 Å². The van der Waals surface area contributed by atoms with Crippen molar-refractivity contribution in [2.75, 3.05) is 37.2 Å². The SMILES string of the molecule is COC(=O)CCS[C@@H](C)C(=O)Nc1ccc(N(C)C)cc1. The third kappa shape index (κ3) is 6.08. The smallest absolute Gasteiger partial charge is 0.306 e. The molecule has 0 aromatic heterocycles. The lowest BCUT2D eigenvalue weighted by atomic mass is 10.2. The number of rotatable bonds is 7. The summed E-state index contributed by atoms with van der Waals surface area (Å²) in [7, 11) is 5.29. The number of nitrogens with zero attached hydrogens (tertiary/aromatic N) is 1. The molecule has 0 radical (unpaired) electrons. The largest absolute Gasteiger partial charge is 0.469 e. The summed E-state index contributed by atoms with van der Waals surface area (Å²) < 4.78 is 4.56. The molecule has 6 heteroatoms. The van der Waals surface area contributed by atoms with Crippen molar-refractivity contribution >= 4 is 35.0 Å². The lowest BCUT2D eigenvalue weighted by Gasteiger charge is -2.14. The van der Waals surface area contributed by atoms with Crippen LogP contribution in [0.25, 0.3) is 0 Å². The van der Waals surface area contributed by atoms with E-state index in [4.69, 9.17) is 0 Å². The van der Waals surface area contributed by atoms with Crippen molar-refractivity contribution < 1.29 is 14.3 Å². The molecule has 0 aliphatic rings. The summed E-state index contributed by atoms with van der Waals surface area (Å²) in [6, 6.07) is 7.65. The van der Waals surface area contributed by atoms with E-state index >= 15 is 0 Å². The number of amides is 1. The van der Waals surface area contributed by atoms with Gasteiger partial charge in [-0.2, -0.15) is 0 Å². The predicted octanol–water partition coefficient (Wildman–Crippen LogP) is 2.38. The minimum atomic E-state index is -0.255. The van der Waals surface area contributed by atoms with Gasteiger partial charge in [0.15, 0.2) is 0 Å². The maximum Gasteiger partial charge on any atom is 0.306 e. The van der Waals surface area contributed by atoms with Gasteiger partial charge in [0.05, 0.1) is 18.8 Å². The van der Waals surface area contributed by atoms with Crippen LogP contribution in [0.15, 0.2) is 24.3 Å². The molecule has 21 heavy (non-hydrogen) atoms. The quantitative estimate of drug-likeness (QED) is 0.784. The molecular formula is C15H22N2O3S. The van der Waals surface area contributed by atoms with E-state index in [1.54, 1.807) is 0 Å². The first-order valence-electron chi connectivity index (χ1n) is 6.70. The van der Waals surface area contributed by atoms with Crippen LogP contribution in [0.5, 0.6) is 0 Å². The third-order valence-corrected chi connectivity index (χ3v) is 4.08. The number of carbonyl (C=O) groups is 2. The predicted molar refractivity (Wildman–Crippen MR) is 88.0 cm³/mol. The molecule has 1 amide bonds. The average Bonchev–Trinajstić information content (AvgIpc) is 2.47. The molecule has 0 aliphatic heterocycles. The maximum atomic E-state index is 12.0. The third-order valence-electron chi connectivity index (χ3n) is 2.92. The molecule has 0 unspecified atom stereocenters. The second kappa shape index (κ2) is 8.56. The summed E-state index contributed by atoms with van der Waals surface area (Å²) in [5, 5.41) is 2.65. The Morgan fingerprint density at radius 1 is 1.29 bits per heavy atom. The van der Waals surface area contributed by atoms with Gasteiger partial charge in [-0.25, -0.2) is 0 Å². The standard InChI is InChI=1S/C15H22N2O3S/c1-11(21-10-9-14(18)20-4)15(19)16-12-5-7-13(8-6-12)17(2)3/h5-8,11H,9-10H2,1-4H3,(H,16,19)/t11-/m0/s1. The van der Waals surface area contributed by atoms with Crippen LogP contribution in [0.4, 0.5) is 11.4 Å². The molecule has 1 rings (SSSR count). The van der Waals surface area contributed by atoms with Crippen molar-refractivity contribution in [3.8, 4) is 0 Å². The second-order valence-corrected chi connectivity index (χ2v) is 6.22. The van der Waals surface area contributed by atoms with Gasteiger partial charge in [0, 0.05) is 31.2 Å². The fourth-order valence-corrected chi connectivity index (χ4v) is 2.43. The highest BCUT2D eigenvalue weighted by molar-refractivity contribution is 8.00. The molecule has 0 fully saturated rings. The summed E-state index contributed by atoms with van der Waals surface area (Å²) in [4.78, 5) is 25.0. The zero-order valence-electron chi connectivity index (χ0n) is 12.9. The molecule has 0 saturated carbocycles. The van der Waals surface area contributed by atoms with Crippen LogP contribution in [0, 0.1) is 0 Å². The Hall–Kier alpha value is -1.69. The Morgan fingerprint density at radius 2 is 1.90 bits per heavy atom. The number of nitrogens with one attached hydrogen (secondary N) is 1. The average molecular weight is 310 g/mol. The van der Waals surface area contributed by atoms with Crippen LogP contribution in [-0.4, -0.2) is 44.1 Å². The summed E-state index contributed by atoms with van der Waals surface area (Å²) in [5.74, 6) is 0.248. The molecule has 116 valence electrons. The highest BCUT2D eigenvalue weighted by atomic mass is 32.2. The van der Waals surface area contributed by atoms with Crippen LogP contribution < -0.4 is 10.2 Å². The number of hydrogen-bond donors (Lipinski definition) is 1. The fourth-order valence-electron chi connectivity index (χ4n) is 1.58. The fraction of sp³-hybridized carbons (Fsp3) is 0.467. The van der Waals surface area contributed by atoms with E-state index in [9.17, 15) is 9.59 Å². The van der Waals surface area contributed by atoms with Gasteiger partial charge in [-0.15, -0.1) is 11.8 Å². The van der Waals surface area contributed by atoms with E-state index < -0.39 is 0 Å². The van der Waals surface area contributed by atoms with E-state index in [0.29, 0.717) is 12.2 Å². The molecule has 1 atom stereocenters. The van der Waals surface area contributed by atoms with Gasteiger partial charge >= 0.3 is 5.97 Å². The second-order valence-electron chi connectivity index (χ2n) is 4.77. The molecule has 0 aliphatic carbocycles. The topological polar surface area (TPSA) is 58.6 Å². The Morgan fingerprint density at radius 3 is 2.43 bits per heavy atom. The summed E-state index contributed by atoms with van der Waals surface area (Å²) in [6.07, 6.45) is 0.316. The van der Waals surface area contributed by atoms with Gasteiger partial charge in [0.2, 0.25) is 5.91 Å². The van der Waals surface area contributed by atoms with E-state index in [2.05, 4.69) is 10.1 Å². The molecule has 1 aromatic rings. The molecule has 0 spiro atoms. The molecule has 0 heterocycles. The van der Waals surface area contributed by atoms with Crippen molar-refractivity contribution in [2.24, 2.45) is 0 Å². The number of ether oxygens (including phenoxy) is 1. The summed E-state index contributed by atoms with van der Waals surface area (Å²) in [5.41, 5.74) is 1.85. The van der Waals surface area contributed by atoms with Crippen LogP contribution >= 0.6 is 11.8 Å². The van der Waals surface area contributed by atoms with E-state index in [0.717, 1.165) is 11.4 Å². The molecule has 1 aromatic carbocycles. The van der Waals surface area contributed by atoms with Gasteiger partial charge in [-0.05, 0) is 31.2 Å². The van der Waals surface area contributed by atoms with Crippen molar-refractivity contribution in [1.29, 1.82) is 0 Å². The molecule has 5 nitrogen and oxygen atoms in total. The van der Waals surface area contributed by atoms with Crippen LogP contribution in [-0.2, 0) is 14.3 Å². The van der Waals surface area contributed by atoms with Crippen LogP contribution in [0.3, 0.4) is 0 Å². The van der Waals surface area contributed by atoms with Crippen molar-refractivity contribution in [2.45, 2.75) is 18.6 Å². The number of methoxy groups -OCH3 is 1. The minimum absolute atomic E-state index is 0.0672. The van der Waals surface area contributed by atoms with E-state index in [1.165, 1.54) is 18.9 Å². The van der Waals surface area contributed by atoms with Gasteiger partial charge < -0.3 is 15.0 Å². The first-order valence-corrected chi connectivity index (χ1v) is 7.75. The number of hydrogen-bond acceptors (Lipinski definition) is 5. The van der Waals surface area contributed by atoms with Crippen molar-refractivity contribution in [3.63, 3.8) is 0 Å². The van der Waals surface area contributed by atoms with Gasteiger partial charge in [0.1, 0.15) is 0 Å². The molecule has 0 bridgehead atoms. The van der Waals surface area contributed by atoms with E-state index in [-0.39, 0.29) is 17.1 Å². The van der Waals surface area contributed by atoms with Gasteiger partial charge in [0.25, 0.3) is 0 Å². The van der Waals surface area contributed by atoms with Gasteiger partial charge in [-0.3, -0.25) is 9.59 Å². The van der Waals surface area contributed by atoms with Crippen LogP contribution in [0.2, 0.25) is 0 Å². The molecular weight excluding hydrogens is 288 g/mol. The normalized spacial score (nSPS) is 11.6.